The lowest BCUT2D eigenvalue weighted by molar-refractivity contribution is 0.0696. The molecule has 0 fully saturated rings. The lowest BCUT2D eigenvalue weighted by Crippen LogP contribution is -2.08. The number of primary amides is 1. The van der Waals surface area contributed by atoms with Gasteiger partial charge in [-0.15, -0.1) is 0 Å². The highest BCUT2D eigenvalue weighted by molar-refractivity contribution is 5.89. The van der Waals surface area contributed by atoms with E-state index in [-0.39, 0.29) is 11.3 Å². The van der Waals surface area contributed by atoms with Crippen LogP contribution in [0.4, 0.5) is 0 Å². The molecule has 0 saturated carbocycles. The summed E-state index contributed by atoms with van der Waals surface area (Å²) in [5, 5.41) is 18.1. The third-order valence-corrected chi connectivity index (χ3v) is 4.31. The minimum atomic E-state index is -1.01. The van der Waals surface area contributed by atoms with E-state index < -0.39 is 11.9 Å². The van der Waals surface area contributed by atoms with Gasteiger partial charge in [-0.25, -0.2) is 9.48 Å². The van der Waals surface area contributed by atoms with Crippen molar-refractivity contribution in [3.63, 3.8) is 0 Å². The zero-order chi connectivity index (χ0) is 23.1. The topological polar surface area (TPSA) is 151 Å². The molecule has 0 unspecified atom stereocenters. The van der Waals surface area contributed by atoms with Crippen LogP contribution in [0.3, 0.4) is 0 Å². The number of aryl methyl sites for hydroxylation is 1. The van der Waals surface area contributed by atoms with Crippen LogP contribution in [0.5, 0.6) is 0 Å². The smallest absolute Gasteiger partial charge is 0.339 e. The average molecular weight is 438 g/mol. The van der Waals surface area contributed by atoms with Gasteiger partial charge in [0.25, 0.3) is 5.91 Å². The first-order valence-corrected chi connectivity index (χ1v) is 9.51. The third kappa shape index (κ3) is 5.26. The van der Waals surface area contributed by atoms with E-state index in [1.54, 1.807) is 37.2 Å². The number of carboxylic acids is 1. The molecule has 11 heteroatoms. The minimum Gasteiger partial charge on any atom is -0.478 e. The lowest BCUT2D eigenvalue weighted by atomic mass is 10.2. The molecule has 32 heavy (non-hydrogen) atoms. The Balaban J connectivity index is 0.000000305. The molecule has 4 aromatic heterocycles. The minimum absolute atomic E-state index is 0.159. The molecule has 0 atom stereocenters. The van der Waals surface area contributed by atoms with E-state index in [1.165, 1.54) is 23.2 Å². The highest BCUT2D eigenvalue weighted by atomic mass is 16.5. The number of amides is 1. The predicted molar refractivity (Wildman–Crippen MR) is 113 cm³/mol. The molecule has 0 radical (unpaired) electrons. The maximum absolute atomic E-state index is 11.3. The standard InChI is InChI=1S/C16H17N5O3.C5H5NO2/c1-11-12(16(22)23)9-21(18-11)14-10-20(7-8-24-2)19-15(14)13-5-3-4-6-17-13;6-5(7)4-2-1-3-8-4/h3-6,9-10H,7-8H2,1-2H3,(H,22,23);1-3H,(H2,6,7). The number of hydrogen-bond donors (Lipinski definition) is 2. The summed E-state index contributed by atoms with van der Waals surface area (Å²) < 4.78 is 13.0. The second kappa shape index (κ2) is 10.2. The number of hydrogen-bond acceptors (Lipinski definition) is 7. The highest BCUT2D eigenvalue weighted by Crippen LogP contribution is 2.24. The van der Waals surface area contributed by atoms with Gasteiger partial charge in [0.05, 0.1) is 37.0 Å². The molecule has 3 N–H and O–H groups in total. The van der Waals surface area contributed by atoms with Crippen molar-refractivity contribution >= 4 is 11.9 Å². The van der Waals surface area contributed by atoms with Gasteiger partial charge in [0.15, 0.2) is 5.76 Å². The Morgan fingerprint density at radius 2 is 2.00 bits per heavy atom. The SMILES string of the molecule is COCCn1cc(-n2cc(C(=O)O)c(C)n2)c(-c2ccccn2)n1.NC(=O)c1ccco1. The number of rotatable bonds is 7. The lowest BCUT2D eigenvalue weighted by Gasteiger charge is -2.01. The van der Waals surface area contributed by atoms with Crippen molar-refractivity contribution in [1.82, 2.24) is 24.5 Å². The number of nitrogens with two attached hydrogens (primary N) is 1. The Labute approximate surface area is 183 Å². The number of nitrogens with zero attached hydrogens (tertiary/aromatic N) is 5. The van der Waals surface area contributed by atoms with Crippen LogP contribution in [0.1, 0.15) is 26.6 Å². The van der Waals surface area contributed by atoms with Crippen molar-refractivity contribution in [3.8, 4) is 17.1 Å². The number of carboxylic acid groups (broad SMARTS) is 1. The van der Waals surface area contributed by atoms with E-state index >= 15 is 0 Å². The van der Waals surface area contributed by atoms with Gasteiger partial charge in [-0.05, 0) is 31.2 Å². The number of carbonyl (C=O) groups is 2. The predicted octanol–water partition coefficient (Wildman–Crippen LogP) is 2.16. The molecule has 0 aliphatic carbocycles. The van der Waals surface area contributed by atoms with Gasteiger partial charge in [0.2, 0.25) is 0 Å². The van der Waals surface area contributed by atoms with Crippen molar-refractivity contribution in [3.05, 3.63) is 72.2 Å². The Bertz CT molecular complexity index is 1180. The number of methoxy groups -OCH3 is 1. The second-order valence-electron chi connectivity index (χ2n) is 6.55. The summed E-state index contributed by atoms with van der Waals surface area (Å²) in [7, 11) is 1.63. The van der Waals surface area contributed by atoms with Gasteiger partial charge in [-0.3, -0.25) is 14.5 Å². The van der Waals surface area contributed by atoms with E-state index in [2.05, 4.69) is 19.6 Å². The van der Waals surface area contributed by atoms with Gasteiger partial charge in [-0.1, -0.05) is 6.07 Å². The number of aromatic nitrogens is 5. The van der Waals surface area contributed by atoms with Gasteiger partial charge in [-0.2, -0.15) is 10.2 Å². The fourth-order valence-corrected chi connectivity index (χ4v) is 2.78. The molecule has 4 heterocycles. The highest BCUT2D eigenvalue weighted by Gasteiger charge is 2.18. The fourth-order valence-electron chi connectivity index (χ4n) is 2.78. The van der Waals surface area contributed by atoms with Crippen molar-refractivity contribution in [1.29, 1.82) is 0 Å². The van der Waals surface area contributed by atoms with Crippen LogP contribution in [-0.2, 0) is 11.3 Å². The number of furan rings is 1. The molecule has 0 aromatic carbocycles. The van der Waals surface area contributed by atoms with Gasteiger partial charge in [0, 0.05) is 19.5 Å². The molecule has 0 bridgehead atoms. The molecule has 0 spiro atoms. The van der Waals surface area contributed by atoms with Crippen molar-refractivity contribution in [2.45, 2.75) is 13.5 Å². The van der Waals surface area contributed by atoms with E-state index in [0.29, 0.717) is 35.9 Å². The zero-order valence-electron chi connectivity index (χ0n) is 17.5. The van der Waals surface area contributed by atoms with Crippen LogP contribution < -0.4 is 5.73 Å². The maximum atomic E-state index is 11.3. The molecule has 166 valence electrons. The van der Waals surface area contributed by atoms with Crippen LogP contribution in [0.15, 0.2) is 59.6 Å². The molecule has 0 saturated heterocycles. The first-order valence-electron chi connectivity index (χ1n) is 9.51. The summed E-state index contributed by atoms with van der Waals surface area (Å²) in [4.78, 5) is 25.8. The molecule has 4 rings (SSSR count). The summed E-state index contributed by atoms with van der Waals surface area (Å²) in [6, 6.07) is 8.67. The number of pyridine rings is 1. The van der Waals surface area contributed by atoms with Crippen LogP contribution in [0.2, 0.25) is 0 Å². The molecule has 0 aliphatic rings. The molecule has 11 nitrogen and oxygen atoms in total. The van der Waals surface area contributed by atoms with E-state index in [4.69, 9.17) is 10.5 Å². The number of carbonyl (C=O) groups excluding carboxylic acids is 1. The largest absolute Gasteiger partial charge is 0.478 e. The first kappa shape index (κ1) is 22.4. The van der Waals surface area contributed by atoms with Gasteiger partial charge < -0.3 is 20.0 Å². The van der Waals surface area contributed by atoms with Crippen LogP contribution in [0, 0.1) is 6.92 Å². The van der Waals surface area contributed by atoms with Gasteiger partial charge >= 0.3 is 5.97 Å². The molecular formula is C21H22N6O5. The molecular weight excluding hydrogens is 416 g/mol. The molecule has 0 aliphatic heterocycles. The van der Waals surface area contributed by atoms with Crippen LogP contribution in [-0.4, -0.2) is 55.2 Å². The van der Waals surface area contributed by atoms with Gasteiger partial charge in [0.1, 0.15) is 16.9 Å². The Morgan fingerprint density at radius 1 is 1.19 bits per heavy atom. The second-order valence-corrected chi connectivity index (χ2v) is 6.55. The monoisotopic (exact) mass is 438 g/mol. The van der Waals surface area contributed by atoms with E-state index in [0.717, 1.165) is 0 Å². The normalized spacial score (nSPS) is 10.4. The quantitative estimate of drug-likeness (QED) is 0.445. The number of aromatic carboxylic acids is 1. The third-order valence-electron chi connectivity index (χ3n) is 4.31. The van der Waals surface area contributed by atoms with Crippen molar-refractivity contribution < 1.29 is 23.8 Å². The van der Waals surface area contributed by atoms with E-state index in [1.807, 2.05) is 18.2 Å². The van der Waals surface area contributed by atoms with E-state index in [9.17, 15) is 14.7 Å². The molecule has 1 amide bonds. The summed E-state index contributed by atoms with van der Waals surface area (Å²) in [5.41, 5.74) is 7.41. The average Bonchev–Trinajstić information content (AvgIpc) is 3.52. The summed E-state index contributed by atoms with van der Waals surface area (Å²) in [5.74, 6) is -1.34. The fraction of sp³-hybridized carbons (Fsp3) is 0.190. The Hall–Kier alpha value is -4.25. The first-order chi connectivity index (χ1) is 15.4. The maximum Gasteiger partial charge on any atom is 0.339 e. The Kier molecular flexibility index (Phi) is 7.13. The zero-order valence-corrected chi connectivity index (χ0v) is 17.5. The summed E-state index contributed by atoms with van der Waals surface area (Å²) >= 11 is 0. The van der Waals surface area contributed by atoms with Crippen molar-refractivity contribution in [2.24, 2.45) is 5.73 Å². The Morgan fingerprint density at radius 3 is 2.53 bits per heavy atom. The van der Waals surface area contributed by atoms with Crippen LogP contribution >= 0.6 is 0 Å². The number of ether oxygens (including phenoxy) is 1. The van der Waals surface area contributed by atoms with Crippen LogP contribution in [0.25, 0.3) is 17.1 Å². The molecule has 4 aromatic rings. The summed E-state index contributed by atoms with van der Waals surface area (Å²) in [6.07, 6.45) is 6.38. The van der Waals surface area contributed by atoms with Crippen molar-refractivity contribution in [2.75, 3.05) is 13.7 Å². The summed E-state index contributed by atoms with van der Waals surface area (Å²) in [6.45, 7) is 2.75.